The van der Waals surface area contributed by atoms with Gasteiger partial charge in [0.15, 0.2) is 5.60 Å². The van der Waals surface area contributed by atoms with Gasteiger partial charge in [0.25, 0.3) is 0 Å². The van der Waals surface area contributed by atoms with E-state index in [0.29, 0.717) is 6.42 Å². The molecule has 0 spiro atoms. The summed E-state index contributed by atoms with van der Waals surface area (Å²) < 4.78 is 77.9. The van der Waals surface area contributed by atoms with E-state index in [1.165, 1.54) is 6.08 Å². The van der Waals surface area contributed by atoms with Crippen molar-refractivity contribution in [2.24, 2.45) is 0 Å². The number of alkyl halides is 6. The molecule has 19 heavy (non-hydrogen) atoms. The van der Waals surface area contributed by atoms with E-state index in [-0.39, 0.29) is 6.42 Å². The molecule has 0 saturated carbocycles. The number of allylic oxidation sites excluding steroid dienone is 1. The number of carbonyl (C=O) groups excluding carboxylic acids is 1. The maximum absolute atomic E-state index is 12.3. The highest BCUT2D eigenvalue weighted by Gasteiger charge is 2.68. The maximum atomic E-state index is 12.3. The van der Waals surface area contributed by atoms with Crippen LogP contribution in [0.2, 0.25) is 0 Å². The van der Waals surface area contributed by atoms with E-state index in [4.69, 9.17) is 0 Å². The molecule has 0 heterocycles. The Morgan fingerprint density at radius 1 is 1.21 bits per heavy atom. The first-order valence-electron chi connectivity index (χ1n) is 5.08. The van der Waals surface area contributed by atoms with Gasteiger partial charge in [-0.15, -0.1) is 0 Å². The lowest BCUT2D eigenvalue weighted by atomic mass is 10.0. The molecule has 0 radical (unpaired) electrons. The Bertz CT molecular complexity index is 383. The van der Waals surface area contributed by atoms with E-state index in [0.717, 1.165) is 13.0 Å². The van der Waals surface area contributed by atoms with Gasteiger partial charge in [0.2, 0.25) is 0 Å². The Kier molecular flexibility index (Phi) is 3.66. The van der Waals surface area contributed by atoms with Crippen LogP contribution >= 0.6 is 0 Å². The van der Waals surface area contributed by atoms with Crippen molar-refractivity contribution in [2.75, 3.05) is 0 Å². The molecule has 1 aliphatic rings. The van der Waals surface area contributed by atoms with E-state index in [1.807, 2.05) is 0 Å². The lowest BCUT2D eigenvalue weighted by Crippen LogP contribution is -2.72. The van der Waals surface area contributed by atoms with Crippen molar-refractivity contribution < 1.29 is 41.0 Å². The van der Waals surface area contributed by atoms with Gasteiger partial charge in [0, 0.05) is 0 Å². The predicted octanol–water partition coefficient (Wildman–Crippen LogP) is 1.86. The maximum Gasteiger partial charge on any atom is 0.399 e. The molecule has 3 nitrogen and oxygen atoms in total. The fourth-order valence-corrected chi connectivity index (χ4v) is 1.55. The second-order valence-corrected chi connectivity index (χ2v) is 4.32. The molecule has 0 aromatic rings. The standard InChI is InChI=1S/C10H9F6O3/c1-7(4-2-3-5-7)19-6(17)8(18,9(11,12)13)10(14,15)16/h2,4H,3,5H2,1H3/q-1. The van der Waals surface area contributed by atoms with Gasteiger partial charge in [-0.3, -0.25) is 4.79 Å². The Labute approximate surface area is 103 Å². The Morgan fingerprint density at radius 2 is 1.68 bits per heavy atom. The lowest BCUT2D eigenvalue weighted by Gasteiger charge is -2.42. The van der Waals surface area contributed by atoms with Crippen LogP contribution < -0.4 is 5.11 Å². The summed E-state index contributed by atoms with van der Waals surface area (Å²) in [4.78, 5) is 11.1. The van der Waals surface area contributed by atoms with Crippen LogP contribution in [0.3, 0.4) is 0 Å². The van der Waals surface area contributed by atoms with Gasteiger partial charge in [0.1, 0.15) is 5.60 Å². The van der Waals surface area contributed by atoms with Crippen LogP contribution in [0.4, 0.5) is 26.3 Å². The van der Waals surface area contributed by atoms with Crippen molar-refractivity contribution in [1.82, 2.24) is 0 Å². The number of esters is 1. The first-order valence-corrected chi connectivity index (χ1v) is 5.08. The molecule has 1 unspecified atom stereocenters. The van der Waals surface area contributed by atoms with Gasteiger partial charge in [-0.2, -0.15) is 26.3 Å². The minimum atomic E-state index is -6.33. The second kappa shape index (κ2) is 4.39. The molecule has 0 aromatic heterocycles. The third-order valence-electron chi connectivity index (χ3n) is 2.69. The number of ether oxygens (including phenoxy) is 1. The van der Waals surface area contributed by atoms with Gasteiger partial charge in [-0.1, -0.05) is 6.08 Å². The molecule has 0 aliphatic heterocycles. The second-order valence-electron chi connectivity index (χ2n) is 4.32. The van der Waals surface area contributed by atoms with Crippen LogP contribution in [-0.2, 0) is 9.53 Å². The molecule has 1 aliphatic carbocycles. The molecule has 9 heteroatoms. The Hall–Kier alpha value is -1.25. The summed E-state index contributed by atoms with van der Waals surface area (Å²) >= 11 is 0. The van der Waals surface area contributed by atoms with Crippen LogP contribution in [0.15, 0.2) is 12.2 Å². The molecule has 1 atom stereocenters. The third kappa shape index (κ3) is 2.70. The van der Waals surface area contributed by atoms with Gasteiger partial charge >= 0.3 is 18.3 Å². The highest BCUT2D eigenvalue weighted by Crippen LogP contribution is 2.43. The smallest absolute Gasteiger partial charge is 0.399 e. The number of hydrogen-bond acceptors (Lipinski definition) is 3. The van der Waals surface area contributed by atoms with E-state index in [2.05, 4.69) is 4.74 Å². The summed E-state index contributed by atoms with van der Waals surface area (Å²) in [5.41, 5.74) is -7.40. The average Bonchev–Trinajstić information content (AvgIpc) is 2.59. The normalized spacial score (nSPS) is 24.6. The first-order chi connectivity index (χ1) is 8.33. The summed E-state index contributed by atoms with van der Waals surface area (Å²) in [6.45, 7) is 1.13. The molecule has 0 bridgehead atoms. The molecule has 0 fully saturated rings. The van der Waals surface area contributed by atoms with Crippen molar-refractivity contribution in [3.63, 3.8) is 0 Å². The van der Waals surface area contributed by atoms with E-state index < -0.39 is 29.5 Å². The molecular formula is C10H9F6O3-. The zero-order chi connectivity index (χ0) is 15.1. The molecule has 110 valence electrons. The molecular weight excluding hydrogens is 282 g/mol. The van der Waals surface area contributed by atoms with Gasteiger partial charge in [-0.05, 0) is 25.8 Å². The summed E-state index contributed by atoms with van der Waals surface area (Å²) in [5.74, 6) is -2.89. The first kappa shape index (κ1) is 15.8. The average molecular weight is 291 g/mol. The summed E-state index contributed by atoms with van der Waals surface area (Å²) in [5, 5.41) is 11.0. The minimum Gasteiger partial charge on any atom is -0.828 e. The van der Waals surface area contributed by atoms with E-state index in [9.17, 15) is 36.2 Å². The topological polar surface area (TPSA) is 49.4 Å². The summed E-state index contributed by atoms with van der Waals surface area (Å²) in [6, 6.07) is 0. The van der Waals surface area contributed by atoms with E-state index >= 15 is 0 Å². The third-order valence-corrected chi connectivity index (χ3v) is 2.69. The quantitative estimate of drug-likeness (QED) is 0.443. The van der Waals surface area contributed by atoms with Crippen molar-refractivity contribution >= 4 is 5.97 Å². The predicted molar refractivity (Wildman–Crippen MR) is 47.7 cm³/mol. The van der Waals surface area contributed by atoms with Crippen LogP contribution in [-0.4, -0.2) is 29.5 Å². The van der Waals surface area contributed by atoms with Crippen molar-refractivity contribution in [2.45, 2.75) is 43.3 Å². The molecule has 0 saturated heterocycles. The van der Waals surface area contributed by atoms with Crippen LogP contribution in [0, 0.1) is 0 Å². The summed E-state index contributed by atoms with van der Waals surface area (Å²) in [7, 11) is 0. The van der Waals surface area contributed by atoms with Crippen LogP contribution in [0.1, 0.15) is 19.8 Å². The van der Waals surface area contributed by atoms with Crippen LogP contribution in [0.5, 0.6) is 0 Å². The molecule has 1 rings (SSSR count). The van der Waals surface area contributed by atoms with Crippen molar-refractivity contribution in [3.8, 4) is 0 Å². The fourth-order valence-electron chi connectivity index (χ4n) is 1.55. The summed E-state index contributed by atoms with van der Waals surface area (Å²) in [6.07, 6.45) is -9.74. The van der Waals surface area contributed by atoms with Gasteiger partial charge in [0.05, 0.1) is 0 Å². The highest BCUT2D eigenvalue weighted by atomic mass is 19.4. The van der Waals surface area contributed by atoms with E-state index in [1.54, 1.807) is 0 Å². The van der Waals surface area contributed by atoms with Crippen LogP contribution in [0.25, 0.3) is 0 Å². The number of rotatable bonds is 2. The zero-order valence-electron chi connectivity index (χ0n) is 9.56. The monoisotopic (exact) mass is 291 g/mol. The minimum absolute atomic E-state index is 0.0184. The Morgan fingerprint density at radius 3 is 2.00 bits per heavy atom. The molecule has 0 N–H and O–H groups in total. The fraction of sp³-hybridized carbons (Fsp3) is 0.700. The molecule has 0 amide bonds. The molecule has 0 aromatic carbocycles. The van der Waals surface area contributed by atoms with Gasteiger partial charge < -0.3 is 9.84 Å². The largest absolute Gasteiger partial charge is 0.828 e. The van der Waals surface area contributed by atoms with Crippen molar-refractivity contribution in [1.29, 1.82) is 0 Å². The zero-order valence-corrected chi connectivity index (χ0v) is 9.56. The lowest BCUT2D eigenvalue weighted by molar-refractivity contribution is -0.575. The van der Waals surface area contributed by atoms with Crippen molar-refractivity contribution in [3.05, 3.63) is 12.2 Å². The number of halogens is 6. The SMILES string of the molecule is CC1(OC(=O)C([O-])(C(F)(F)F)C(F)(F)F)C=CCC1. The number of hydrogen-bond donors (Lipinski definition) is 0. The number of carbonyl (C=O) groups is 1. The Balaban J connectivity index is 3.07. The van der Waals surface area contributed by atoms with Gasteiger partial charge in [-0.25, -0.2) is 0 Å². The highest BCUT2D eigenvalue weighted by molar-refractivity contribution is 5.81.